The Hall–Kier alpha value is -2.44. The smallest absolute Gasteiger partial charge is 0.225 e. The molecule has 7 heteroatoms. The highest BCUT2D eigenvalue weighted by Gasteiger charge is 2.26. The summed E-state index contributed by atoms with van der Waals surface area (Å²) in [5.41, 5.74) is 5.93. The van der Waals surface area contributed by atoms with Gasteiger partial charge in [-0.1, -0.05) is 23.7 Å². The fraction of sp³-hybridized carbons (Fsp3) is 0.458. The maximum Gasteiger partial charge on any atom is 0.225 e. The first kappa shape index (κ1) is 21.8. The van der Waals surface area contributed by atoms with Crippen LogP contribution >= 0.6 is 11.6 Å². The highest BCUT2D eigenvalue weighted by molar-refractivity contribution is 6.30. The number of nitrogens with zero attached hydrogens (tertiary/aromatic N) is 6. The van der Waals surface area contributed by atoms with E-state index in [0.717, 1.165) is 66.8 Å². The summed E-state index contributed by atoms with van der Waals surface area (Å²) in [6.45, 7) is 8.24. The van der Waals surface area contributed by atoms with Gasteiger partial charge in [-0.2, -0.15) is 5.10 Å². The summed E-state index contributed by atoms with van der Waals surface area (Å²) in [6, 6.07) is 7.98. The summed E-state index contributed by atoms with van der Waals surface area (Å²) in [6.07, 6.45) is 6.28. The first-order chi connectivity index (χ1) is 15.0. The van der Waals surface area contributed by atoms with Gasteiger partial charge in [0, 0.05) is 67.7 Å². The molecule has 3 aromatic rings. The van der Waals surface area contributed by atoms with Crippen LogP contribution in [0, 0.1) is 6.92 Å². The van der Waals surface area contributed by atoms with Crippen LogP contribution < -0.4 is 4.90 Å². The van der Waals surface area contributed by atoms with Gasteiger partial charge in [0.05, 0.1) is 11.9 Å². The lowest BCUT2D eigenvalue weighted by atomic mass is 9.89. The number of piperidine rings is 1. The normalized spacial score (nSPS) is 17.1. The topological polar surface area (TPSA) is 50.1 Å². The number of aryl methyl sites for hydroxylation is 1. The van der Waals surface area contributed by atoms with Crippen molar-refractivity contribution in [3.63, 3.8) is 0 Å². The van der Waals surface area contributed by atoms with Crippen LogP contribution in [0.1, 0.15) is 42.6 Å². The van der Waals surface area contributed by atoms with E-state index in [-0.39, 0.29) is 0 Å². The zero-order valence-corrected chi connectivity index (χ0v) is 19.6. The van der Waals surface area contributed by atoms with Gasteiger partial charge in [-0.25, -0.2) is 9.97 Å². The minimum atomic E-state index is 0.364. The van der Waals surface area contributed by atoms with E-state index in [1.165, 1.54) is 11.3 Å². The van der Waals surface area contributed by atoms with Crippen molar-refractivity contribution in [1.82, 2.24) is 24.6 Å². The Labute approximate surface area is 189 Å². The van der Waals surface area contributed by atoms with Gasteiger partial charge in [0.15, 0.2) is 0 Å². The summed E-state index contributed by atoms with van der Waals surface area (Å²) in [7, 11) is 3.98. The zero-order chi connectivity index (χ0) is 22.0. The molecule has 4 rings (SSSR count). The third-order valence-corrected chi connectivity index (χ3v) is 6.40. The molecule has 1 fully saturated rings. The predicted molar refractivity (Wildman–Crippen MR) is 127 cm³/mol. The number of hydrogen-bond acceptors (Lipinski definition) is 5. The van der Waals surface area contributed by atoms with E-state index in [4.69, 9.17) is 16.6 Å². The Morgan fingerprint density at radius 2 is 1.94 bits per heavy atom. The Balaban J connectivity index is 1.62. The molecule has 1 atom stereocenters. The van der Waals surface area contributed by atoms with Crippen molar-refractivity contribution < 1.29 is 0 Å². The molecule has 1 aliphatic heterocycles. The van der Waals surface area contributed by atoms with Gasteiger partial charge in [0.25, 0.3) is 0 Å². The standard InChI is InChI=1S/C24H31ClN6/c1-5-31-17(2)20(13-27-31)16-30-12-6-7-19(15-30)23-22(14-26-24(28-23)29(3)4)18-8-10-21(25)11-9-18/h8-11,13-14,19H,5-7,12,15-16H2,1-4H3. The summed E-state index contributed by atoms with van der Waals surface area (Å²) in [4.78, 5) is 14.1. The first-order valence-corrected chi connectivity index (χ1v) is 11.4. The van der Waals surface area contributed by atoms with Gasteiger partial charge in [-0.3, -0.25) is 9.58 Å². The minimum Gasteiger partial charge on any atom is -0.347 e. The fourth-order valence-corrected chi connectivity index (χ4v) is 4.51. The van der Waals surface area contributed by atoms with Crippen LogP contribution in [-0.2, 0) is 13.1 Å². The molecule has 2 aromatic heterocycles. The summed E-state index contributed by atoms with van der Waals surface area (Å²) < 4.78 is 2.07. The Kier molecular flexibility index (Phi) is 6.58. The molecular weight excluding hydrogens is 408 g/mol. The van der Waals surface area contributed by atoms with E-state index in [1.807, 2.05) is 43.5 Å². The highest BCUT2D eigenvalue weighted by atomic mass is 35.5. The van der Waals surface area contributed by atoms with Crippen LogP contribution in [0.5, 0.6) is 0 Å². The molecule has 3 heterocycles. The van der Waals surface area contributed by atoms with Crippen molar-refractivity contribution in [3.05, 3.63) is 58.6 Å². The lowest BCUT2D eigenvalue weighted by molar-refractivity contribution is 0.198. The highest BCUT2D eigenvalue weighted by Crippen LogP contribution is 2.34. The fourth-order valence-electron chi connectivity index (χ4n) is 4.39. The maximum atomic E-state index is 6.12. The first-order valence-electron chi connectivity index (χ1n) is 11.0. The van der Waals surface area contributed by atoms with Crippen LogP contribution in [0.25, 0.3) is 11.1 Å². The molecule has 31 heavy (non-hydrogen) atoms. The largest absolute Gasteiger partial charge is 0.347 e. The van der Waals surface area contributed by atoms with Crippen molar-refractivity contribution in [3.8, 4) is 11.1 Å². The Morgan fingerprint density at radius 3 is 2.61 bits per heavy atom. The second kappa shape index (κ2) is 9.37. The average Bonchev–Trinajstić information content (AvgIpc) is 3.13. The average molecular weight is 439 g/mol. The zero-order valence-electron chi connectivity index (χ0n) is 18.8. The number of benzene rings is 1. The number of hydrogen-bond donors (Lipinski definition) is 0. The number of halogens is 1. The molecule has 0 spiro atoms. The quantitative estimate of drug-likeness (QED) is 0.555. The molecule has 1 saturated heterocycles. The number of likely N-dealkylation sites (tertiary alicyclic amines) is 1. The molecule has 0 amide bonds. The molecule has 0 aliphatic carbocycles. The van der Waals surface area contributed by atoms with E-state index < -0.39 is 0 Å². The van der Waals surface area contributed by atoms with Gasteiger partial charge in [-0.05, 0) is 50.9 Å². The van der Waals surface area contributed by atoms with Crippen LogP contribution in [0.4, 0.5) is 5.95 Å². The molecule has 0 bridgehead atoms. The SMILES string of the molecule is CCn1ncc(CN2CCCC(c3nc(N(C)C)ncc3-c3ccc(Cl)cc3)C2)c1C. The predicted octanol–water partition coefficient (Wildman–Crippen LogP) is 4.77. The van der Waals surface area contributed by atoms with E-state index in [9.17, 15) is 0 Å². The maximum absolute atomic E-state index is 6.12. The van der Waals surface area contributed by atoms with Crippen LogP contribution in [0.3, 0.4) is 0 Å². The van der Waals surface area contributed by atoms with Crippen molar-refractivity contribution in [2.45, 2.75) is 45.7 Å². The van der Waals surface area contributed by atoms with Crippen LogP contribution in [-0.4, -0.2) is 51.8 Å². The van der Waals surface area contributed by atoms with E-state index in [2.05, 4.69) is 45.6 Å². The van der Waals surface area contributed by atoms with Crippen LogP contribution in [0.2, 0.25) is 5.02 Å². The van der Waals surface area contributed by atoms with E-state index in [0.29, 0.717) is 5.92 Å². The molecule has 1 unspecified atom stereocenters. The molecule has 164 valence electrons. The third-order valence-electron chi connectivity index (χ3n) is 6.15. The molecule has 0 radical (unpaired) electrons. The van der Waals surface area contributed by atoms with Gasteiger partial charge in [-0.15, -0.1) is 0 Å². The van der Waals surface area contributed by atoms with Crippen LogP contribution in [0.15, 0.2) is 36.7 Å². The second-order valence-electron chi connectivity index (χ2n) is 8.52. The summed E-state index contributed by atoms with van der Waals surface area (Å²) >= 11 is 6.12. The Morgan fingerprint density at radius 1 is 1.16 bits per heavy atom. The molecule has 0 N–H and O–H groups in total. The number of rotatable bonds is 6. The molecule has 6 nitrogen and oxygen atoms in total. The Bertz CT molecular complexity index is 1030. The van der Waals surface area contributed by atoms with Crippen molar-refractivity contribution in [2.24, 2.45) is 0 Å². The van der Waals surface area contributed by atoms with E-state index in [1.54, 1.807) is 0 Å². The van der Waals surface area contributed by atoms with Gasteiger partial charge in [0.2, 0.25) is 5.95 Å². The molecule has 1 aliphatic rings. The molecule has 0 saturated carbocycles. The van der Waals surface area contributed by atoms with Gasteiger partial charge < -0.3 is 4.90 Å². The lowest BCUT2D eigenvalue weighted by Crippen LogP contribution is -2.34. The van der Waals surface area contributed by atoms with Crippen molar-refractivity contribution >= 4 is 17.5 Å². The minimum absolute atomic E-state index is 0.364. The number of anilines is 1. The lowest BCUT2D eigenvalue weighted by Gasteiger charge is -2.33. The van der Waals surface area contributed by atoms with Crippen molar-refractivity contribution in [2.75, 3.05) is 32.1 Å². The summed E-state index contributed by atoms with van der Waals surface area (Å²) in [5, 5.41) is 5.26. The third kappa shape index (κ3) is 4.75. The monoisotopic (exact) mass is 438 g/mol. The number of aromatic nitrogens is 4. The van der Waals surface area contributed by atoms with E-state index >= 15 is 0 Å². The summed E-state index contributed by atoms with van der Waals surface area (Å²) in [5.74, 6) is 1.12. The molecule has 1 aromatic carbocycles. The van der Waals surface area contributed by atoms with Gasteiger partial charge >= 0.3 is 0 Å². The van der Waals surface area contributed by atoms with Gasteiger partial charge in [0.1, 0.15) is 0 Å². The molecular formula is C24H31ClN6. The second-order valence-corrected chi connectivity index (χ2v) is 8.95. The van der Waals surface area contributed by atoms with Crippen molar-refractivity contribution in [1.29, 1.82) is 0 Å².